The minimum absolute atomic E-state index is 0.503. The largest absolute Gasteiger partial charge is 0.501 e. The molecule has 1 aliphatic rings. The monoisotopic (exact) mass is 228 g/mol. The molecule has 0 amide bonds. The van der Waals surface area contributed by atoms with Crippen LogP contribution in [0.5, 0.6) is 0 Å². The summed E-state index contributed by atoms with van der Waals surface area (Å²) < 4.78 is 11.6. The lowest BCUT2D eigenvalue weighted by atomic mass is 10.2. The van der Waals surface area contributed by atoms with Gasteiger partial charge in [-0.05, 0) is 19.3 Å². The van der Waals surface area contributed by atoms with E-state index >= 15 is 0 Å². The lowest BCUT2D eigenvalue weighted by Crippen LogP contribution is -2.20. The van der Waals surface area contributed by atoms with Gasteiger partial charge in [0.2, 0.25) is 0 Å². The third-order valence-electron chi connectivity index (χ3n) is 3.04. The Morgan fingerprint density at radius 3 is 2.53 bits per heavy atom. The first-order chi connectivity index (χ1) is 7.36. The van der Waals surface area contributed by atoms with Gasteiger partial charge in [-0.25, -0.2) is 0 Å². The molecule has 15 heavy (non-hydrogen) atoms. The normalized spacial score (nSPS) is 20.8. The number of ether oxygens (including phenoxy) is 1. The van der Waals surface area contributed by atoms with Crippen LogP contribution in [-0.2, 0) is 8.53 Å². The molecule has 0 aromatic carbocycles. The van der Waals surface area contributed by atoms with Crippen LogP contribution >= 0.6 is 0 Å². The Morgan fingerprint density at radius 1 is 1.27 bits per heavy atom. The fraction of sp³-hybridized carbons (Fsp3) is 1.00. The molecule has 1 rings (SSSR count). The topological polar surface area (TPSA) is 18.5 Å². The van der Waals surface area contributed by atoms with Crippen LogP contribution in [0.3, 0.4) is 0 Å². The van der Waals surface area contributed by atoms with E-state index < -0.39 is 14.5 Å². The summed E-state index contributed by atoms with van der Waals surface area (Å²) in [7, 11) is 0. The van der Waals surface area contributed by atoms with E-state index in [1.807, 2.05) is 0 Å². The van der Waals surface area contributed by atoms with Gasteiger partial charge in [-0.2, -0.15) is 0 Å². The highest BCUT2D eigenvalue weighted by Crippen LogP contribution is 2.16. The summed E-state index contributed by atoms with van der Waals surface area (Å²) in [6.07, 6.45) is 6.69. The Kier molecular flexibility index (Phi) is 7.74. The maximum atomic E-state index is 6.04. The van der Waals surface area contributed by atoms with Crippen molar-refractivity contribution in [3.05, 3.63) is 0 Å². The third-order valence-corrected chi connectivity index (χ3v) is 6.19. The van der Waals surface area contributed by atoms with Crippen LogP contribution in [-0.4, -0.2) is 33.8 Å². The Balaban J connectivity index is 2.04. The SMILES string of the molecule is CC[CH2][Al]([CH2]CC)[O]CCC1CCCO1. The standard InChI is InChI=1S/C6H11O2.2C3H7.Al/c7-4-3-6-2-1-5-8-6;2*1-3-2;/h6H,1-5H2;2*1,3H2,2H3;/q-1;;;+1. The summed E-state index contributed by atoms with van der Waals surface area (Å²) >= 11 is -0.850. The summed E-state index contributed by atoms with van der Waals surface area (Å²) in [5.41, 5.74) is 0. The second-order valence-corrected chi connectivity index (χ2v) is 7.23. The van der Waals surface area contributed by atoms with E-state index in [-0.39, 0.29) is 0 Å². The highest BCUT2D eigenvalue weighted by Gasteiger charge is 2.20. The average molecular weight is 228 g/mol. The molecule has 1 atom stereocenters. The highest BCUT2D eigenvalue weighted by molar-refractivity contribution is 6.51. The molecule has 0 bridgehead atoms. The molecule has 0 aliphatic carbocycles. The lowest BCUT2D eigenvalue weighted by Gasteiger charge is -2.14. The predicted molar refractivity (Wildman–Crippen MR) is 65.5 cm³/mol. The van der Waals surface area contributed by atoms with E-state index in [2.05, 4.69) is 13.8 Å². The zero-order valence-corrected chi connectivity index (χ0v) is 11.5. The van der Waals surface area contributed by atoms with Crippen LogP contribution in [0, 0.1) is 0 Å². The van der Waals surface area contributed by atoms with Crippen LogP contribution in [0.15, 0.2) is 0 Å². The van der Waals surface area contributed by atoms with E-state index in [9.17, 15) is 0 Å². The van der Waals surface area contributed by atoms with Crippen LogP contribution in [0.2, 0.25) is 10.6 Å². The molecule has 1 fully saturated rings. The second kappa shape index (κ2) is 8.59. The molecule has 1 unspecified atom stereocenters. The molecule has 0 N–H and O–H groups in total. The van der Waals surface area contributed by atoms with E-state index in [4.69, 9.17) is 8.53 Å². The summed E-state index contributed by atoms with van der Waals surface area (Å²) in [6, 6.07) is 0. The number of rotatable bonds is 8. The Bertz CT molecular complexity index is 141. The van der Waals surface area contributed by atoms with E-state index in [1.165, 1.54) is 36.2 Å². The molecule has 0 radical (unpaired) electrons. The van der Waals surface area contributed by atoms with Crippen molar-refractivity contribution in [3.63, 3.8) is 0 Å². The highest BCUT2D eigenvalue weighted by atomic mass is 27.2. The van der Waals surface area contributed by atoms with Crippen molar-refractivity contribution in [3.8, 4) is 0 Å². The molecule has 1 aliphatic heterocycles. The molecule has 0 aromatic rings. The van der Waals surface area contributed by atoms with E-state index in [1.54, 1.807) is 0 Å². The summed E-state index contributed by atoms with van der Waals surface area (Å²) in [6.45, 7) is 6.44. The molecule has 3 heteroatoms. The van der Waals surface area contributed by atoms with Gasteiger partial charge >= 0.3 is 14.5 Å². The van der Waals surface area contributed by atoms with Crippen LogP contribution in [0.4, 0.5) is 0 Å². The summed E-state index contributed by atoms with van der Waals surface area (Å²) in [5.74, 6) is 0. The van der Waals surface area contributed by atoms with Gasteiger partial charge < -0.3 is 8.53 Å². The van der Waals surface area contributed by atoms with Crippen molar-refractivity contribution in [1.29, 1.82) is 0 Å². The summed E-state index contributed by atoms with van der Waals surface area (Å²) in [5, 5.41) is 2.69. The van der Waals surface area contributed by atoms with Crippen LogP contribution in [0.1, 0.15) is 46.0 Å². The molecule has 88 valence electrons. The molecular weight excluding hydrogens is 203 g/mol. The van der Waals surface area contributed by atoms with Crippen molar-refractivity contribution in [1.82, 2.24) is 0 Å². The average Bonchev–Trinajstić information content (AvgIpc) is 2.71. The fourth-order valence-electron chi connectivity index (χ4n) is 2.19. The van der Waals surface area contributed by atoms with E-state index in [0.717, 1.165) is 19.6 Å². The minimum Gasteiger partial charge on any atom is -0.501 e. The Hall–Kier alpha value is 0.452. The molecule has 0 saturated carbocycles. The van der Waals surface area contributed by atoms with Gasteiger partial charge in [0.1, 0.15) is 0 Å². The molecule has 1 heterocycles. The van der Waals surface area contributed by atoms with Crippen molar-refractivity contribution >= 4 is 14.5 Å². The van der Waals surface area contributed by atoms with Gasteiger partial charge in [0, 0.05) is 13.2 Å². The van der Waals surface area contributed by atoms with E-state index in [0.29, 0.717) is 6.10 Å². The third kappa shape index (κ3) is 5.92. The molecule has 1 saturated heterocycles. The zero-order chi connectivity index (χ0) is 10.9. The van der Waals surface area contributed by atoms with Crippen molar-refractivity contribution < 1.29 is 8.53 Å². The maximum absolute atomic E-state index is 6.04. The lowest BCUT2D eigenvalue weighted by molar-refractivity contribution is 0.0899. The van der Waals surface area contributed by atoms with Gasteiger partial charge in [0.25, 0.3) is 0 Å². The Morgan fingerprint density at radius 2 is 2.00 bits per heavy atom. The molecule has 0 spiro atoms. The summed E-state index contributed by atoms with van der Waals surface area (Å²) in [4.78, 5) is 0. The first kappa shape index (κ1) is 13.5. The molecular formula is C12H25AlO2. The van der Waals surface area contributed by atoms with Gasteiger partial charge in [0.15, 0.2) is 0 Å². The maximum Gasteiger partial charge on any atom is 0.460 e. The first-order valence-corrected chi connectivity index (χ1v) is 8.70. The first-order valence-electron chi connectivity index (χ1n) is 6.60. The Labute approximate surface area is 99.1 Å². The number of hydrogen-bond donors (Lipinski definition) is 0. The van der Waals surface area contributed by atoms with Crippen molar-refractivity contribution in [2.45, 2.75) is 62.6 Å². The zero-order valence-electron chi connectivity index (χ0n) is 10.3. The van der Waals surface area contributed by atoms with Gasteiger partial charge in [-0.1, -0.05) is 37.3 Å². The van der Waals surface area contributed by atoms with Gasteiger partial charge in [-0.3, -0.25) is 0 Å². The van der Waals surface area contributed by atoms with Crippen LogP contribution in [0.25, 0.3) is 0 Å². The quantitative estimate of drug-likeness (QED) is 0.593. The van der Waals surface area contributed by atoms with Crippen molar-refractivity contribution in [2.75, 3.05) is 13.2 Å². The fourth-order valence-corrected chi connectivity index (χ4v) is 4.57. The minimum atomic E-state index is -0.850. The number of hydrogen-bond acceptors (Lipinski definition) is 2. The van der Waals surface area contributed by atoms with Crippen molar-refractivity contribution in [2.24, 2.45) is 0 Å². The molecule has 2 nitrogen and oxygen atoms in total. The smallest absolute Gasteiger partial charge is 0.460 e. The van der Waals surface area contributed by atoms with Crippen LogP contribution < -0.4 is 0 Å². The predicted octanol–water partition coefficient (Wildman–Crippen LogP) is 3.38. The van der Waals surface area contributed by atoms with Gasteiger partial charge in [0.05, 0.1) is 6.10 Å². The second-order valence-electron chi connectivity index (χ2n) is 4.49. The van der Waals surface area contributed by atoms with Gasteiger partial charge in [-0.15, -0.1) is 0 Å². The molecule has 0 aromatic heterocycles.